The lowest BCUT2D eigenvalue weighted by Gasteiger charge is -2.23. The normalized spacial score (nSPS) is 15.8. The molecule has 3 aromatic carbocycles. The van der Waals surface area contributed by atoms with E-state index in [4.69, 9.17) is 9.47 Å². The molecule has 0 unspecified atom stereocenters. The van der Waals surface area contributed by atoms with Crippen LogP contribution in [0.4, 0.5) is 10.8 Å². The number of aryl methyl sites for hydroxylation is 2. The van der Waals surface area contributed by atoms with Crippen molar-refractivity contribution in [3.63, 3.8) is 0 Å². The summed E-state index contributed by atoms with van der Waals surface area (Å²) in [6, 6.07) is 18.6. The van der Waals surface area contributed by atoms with E-state index in [2.05, 4.69) is 4.98 Å². The van der Waals surface area contributed by atoms with Gasteiger partial charge in [-0.25, -0.2) is 9.78 Å². The summed E-state index contributed by atoms with van der Waals surface area (Å²) in [5.41, 5.74) is 1.81. The maximum atomic E-state index is 13.6. The fourth-order valence-corrected chi connectivity index (χ4v) is 5.86. The highest BCUT2D eigenvalue weighted by atomic mass is 32.1. The molecule has 5 rings (SSSR count). The van der Waals surface area contributed by atoms with E-state index >= 15 is 0 Å². The number of amides is 1. The van der Waals surface area contributed by atoms with Gasteiger partial charge in [0.1, 0.15) is 23.0 Å². The first-order valence-corrected chi connectivity index (χ1v) is 14.4. The fraction of sp³-hybridized carbons (Fsp3) is 0.188. The van der Waals surface area contributed by atoms with Crippen LogP contribution < -0.4 is 9.64 Å². The van der Waals surface area contributed by atoms with Crippen LogP contribution in [0.15, 0.2) is 78.4 Å². The average Bonchev–Trinajstić information content (AvgIpc) is 3.53. The largest absolute Gasteiger partial charge is 0.507 e. The maximum absolute atomic E-state index is 13.6. The van der Waals surface area contributed by atoms with Crippen LogP contribution in [0.2, 0.25) is 0 Å². The molecule has 1 N–H and O–H groups in total. The van der Waals surface area contributed by atoms with Crippen molar-refractivity contribution in [3.8, 4) is 5.75 Å². The molecule has 4 aromatic rings. The van der Waals surface area contributed by atoms with Gasteiger partial charge in [0.05, 0.1) is 28.8 Å². The third-order valence-electron chi connectivity index (χ3n) is 6.98. The third-order valence-corrected chi connectivity index (χ3v) is 8.12. The van der Waals surface area contributed by atoms with Crippen molar-refractivity contribution in [1.29, 1.82) is 0 Å². The van der Waals surface area contributed by atoms with Gasteiger partial charge in [0, 0.05) is 17.7 Å². The number of benzene rings is 3. The van der Waals surface area contributed by atoms with E-state index in [9.17, 15) is 29.6 Å². The molecule has 1 aromatic heterocycles. The molecule has 1 atom stereocenters. The number of nitrogens with zero attached hydrogens (tertiary/aromatic N) is 3. The molecule has 1 fully saturated rings. The van der Waals surface area contributed by atoms with E-state index in [1.54, 1.807) is 39.0 Å². The number of carbonyl (C=O) groups is 3. The first-order chi connectivity index (χ1) is 21.1. The van der Waals surface area contributed by atoms with Gasteiger partial charge in [-0.05, 0) is 55.7 Å². The van der Waals surface area contributed by atoms with E-state index in [0.29, 0.717) is 17.9 Å². The van der Waals surface area contributed by atoms with Gasteiger partial charge in [-0.1, -0.05) is 53.8 Å². The Bertz CT molecular complexity index is 1820. The number of Topliss-reactive ketones (excluding diaryl/α,β-unsaturated/α-hetero) is 1. The Hall–Kier alpha value is -5.36. The number of carbonyl (C=O) groups excluding carboxylic acids is 3. The summed E-state index contributed by atoms with van der Waals surface area (Å²) in [7, 11) is 0. The quantitative estimate of drug-likeness (QED) is 0.0594. The molecule has 2 heterocycles. The zero-order valence-corrected chi connectivity index (χ0v) is 24.8. The Kier molecular flexibility index (Phi) is 8.54. The number of anilines is 1. The summed E-state index contributed by atoms with van der Waals surface area (Å²) in [5.74, 6) is -2.56. The van der Waals surface area contributed by atoms with Crippen LogP contribution in [-0.2, 0) is 20.9 Å². The fourth-order valence-electron chi connectivity index (χ4n) is 4.87. The Morgan fingerprint density at radius 1 is 1.07 bits per heavy atom. The molecular formula is C32H27N3O8S. The second-order valence-electron chi connectivity index (χ2n) is 9.91. The van der Waals surface area contributed by atoms with Crippen LogP contribution in [0.3, 0.4) is 0 Å². The number of rotatable bonds is 9. The van der Waals surface area contributed by atoms with Crippen LogP contribution in [0.25, 0.3) is 5.76 Å². The monoisotopic (exact) mass is 613 g/mol. The number of aliphatic hydroxyl groups excluding tert-OH is 1. The van der Waals surface area contributed by atoms with Gasteiger partial charge >= 0.3 is 11.9 Å². The minimum atomic E-state index is -1.27. The molecular weight excluding hydrogens is 586 g/mol. The van der Waals surface area contributed by atoms with Gasteiger partial charge in [0.2, 0.25) is 0 Å². The van der Waals surface area contributed by atoms with Crippen molar-refractivity contribution < 1.29 is 33.9 Å². The molecule has 1 aliphatic rings. The highest BCUT2D eigenvalue weighted by molar-refractivity contribution is 7.17. The number of nitro benzene ring substituents is 1. The second kappa shape index (κ2) is 12.5. The van der Waals surface area contributed by atoms with Crippen LogP contribution >= 0.6 is 11.3 Å². The van der Waals surface area contributed by atoms with Crippen molar-refractivity contribution in [2.75, 3.05) is 11.5 Å². The van der Waals surface area contributed by atoms with Gasteiger partial charge in [-0.3, -0.25) is 24.6 Å². The van der Waals surface area contributed by atoms with Crippen LogP contribution in [-0.4, -0.2) is 39.3 Å². The van der Waals surface area contributed by atoms with Crippen molar-refractivity contribution >= 4 is 45.6 Å². The molecule has 224 valence electrons. The highest BCUT2D eigenvalue weighted by Gasteiger charge is 2.48. The number of ether oxygens (including phenoxy) is 2. The number of nitro groups is 1. The van der Waals surface area contributed by atoms with E-state index in [1.165, 1.54) is 24.3 Å². The third kappa shape index (κ3) is 5.79. The lowest BCUT2D eigenvalue weighted by molar-refractivity contribution is -0.384. The Balaban J connectivity index is 1.60. The van der Waals surface area contributed by atoms with Crippen LogP contribution in [0.5, 0.6) is 5.75 Å². The standard InChI is InChI=1S/C32H27N3O8S/c1-4-42-31(39)29-19(3)33-32(44-29)34-26(21-11-8-12-23(16-21)35(40)41)25(28(37)30(34)38)27(36)22-13-14-24(18(2)15-22)43-17-20-9-6-5-7-10-20/h5-16,26,36H,4,17H2,1-3H3/b27-25+/t26-/m0/s1. The number of aliphatic hydroxyl groups is 1. The summed E-state index contributed by atoms with van der Waals surface area (Å²) < 4.78 is 11.0. The summed E-state index contributed by atoms with van der Waals surface area (Å²) >= 11 is 0.850. The van der Waals surface area contributed by atoms with E-state index in [-0.39, 0.29) is 44.7 Å². The van der Waals surface area contributed by atoms with Gasteiger partial charge < -0.3 is 14.6 Å². The first-order valence-electron chi connectivity index (χ1n) is 13.6. The minimum Gasteiger partial charge on any atom is -0.507 e. The molecule has 0 spiro atoms. The van der Waals surface area contributed by atoms with Gasteiger partial charge in [0.15, 0.2) is 5.13 Å². The smallest absolute Gasteiger partial charge is 0.350 e. The average molecular weight is 614 g/mol. The van der Waals surface area contributed by atoms with E-state index in [1.807, 2.05) is 30.3 Å². The van der Waals surface area contributed by atoms with Crippen molar-refractivity contribution in [3.05, 3.63) is 121 Å². The minimum absolute atomic E-state index is 0.00375. The van der Waals surface area contributed by atoms with E-state index < -0.39 is 34.4 Å². The summed E-state index contributed by atoms with van der Waals surface area (Å²) in [6.45, 7) is 5.45. The van der Waals surface area contributed by atoms with Crippen LogP contribution in [0, 0.1) is 24.0 Å². The molecule has 0 saturated carbocycles. The van der Waals surface area contributed by atoms with E-state index in [0.717, 1.165) is 21.8 Å². The molecule has 0 bridgehead atoms. The number of esters is 1. The lowest BCUT2D eigenvalue weighted by Crippen LogP contribution is -2.29. The van der Waals surface area contributed by atoms with Gasteiger partial charge in [-0.15, -0.1) is 0 Å². The number of hydrogen-bond acceptors (Lipinski definition) is 10. The predicted molar refractivity (Wildman–Crippen MR) is 163 cm³/mol. The zero-order chi connectivity index (χ0) is 31.5. The Labute approximate surface area is 256 Å². The summed E-state index contributed by atoms with van der Waals surface area (Å²) in [6.07, 6.45) is 0. The predicted octanol–water partition coefficient (Wildman–Crippen LogP) is 6.05. The number of ketones is 1. The molecule has 44 heavy (non-hydrogen) atoms. The molecule has 1 amide bonds. The molecule has 0 radical (unpaired) electrons. The zero-order valence-electron chi connectivity index (χ0n) is 24.0. The molecule has 1 saturated heterocycles. The van der Waals surface area contributed by atoms with Gasteiger partial charge in [-0.2, -0.15) is 0 Å². The number of hydrogen-bond donors (Lipinski definition) is 1. The highest BCUT2D eigenvalue weighted by Crippen LogP contribution is 2.44. The Morgan fingerprint density at radius 3 is 2.50 bits per heavy atom. The first kappa shape index (κ1) is 30.1. The molecule has 1 aliphatic heterocycles. The topological polar surface area (TPSA) is 149 Å². The second-order valence-corrected chi connectivity index (χ2v) is 10.9. The van der Waals surface area contributed by atoms with Crippen molar-refractivity contribution in [2.45, 2.75) is 33.4 Å². The van der Waals surface area contributed by atoms with Crippen molar-refractivity contribution in [2.24, 2.45) is 0 Å². The lowest BCUT2D eigenvalue weighted by atomic mass is 9.94. The molecule has 12 heteroatoms. The van der Waals surface area contributed by atoms with Gasteiger partial charge in [0.25, 0.3) is 11.5 Å². The Morgan fingerprint density at radius 2 is 1.82 bits per heavy atom. The molecule has 0 aliphatic carbocycles. The number of aromatic nitrogens is 1. The summed E-state index contributed by atoms with van der Waals surface area (Å²) in [5, 5.41) is 23.1. The van der Waals surface area contributed by atoms with Crippen LogP contribution in [0.1, 0.15) is 50.6 Å². The summed E-state index contributed by atoms with van der Waals surface area (Å²) in [4.78, 5) is 56.2. The SMILES string of the molecule is CCOC(=O)c1sc(N2C(=O)C(=O)/C(=C(/O)c3ccc(OCc4ccccc4)c(C)c3)[C@@H]2c2cccc([N+](=O)[O-])c2)nc1C. The number of non-ortho nitro benzene ring substituents is 1. The number of thiazole rings is 1. The molecule has 11 nitrogen and oxygen atoms in total. The van der Waals surface area contributed by atoms with Crippen molar-refractivity contribution in [1.82, 2.24) is 4.98 Å². The maximum Gasteiger partial charge on any atom is 0.350 e.